The first-order chi connectivity index (χ1) is 7.93. The smallest absolute Gasteiger partial charge is 0.201 e. The Morgan fingerprint density at radius 3 is 2.47 bits per heavy atom. The Balaban J connectivity index is 2.73. The van der Waals surface area contributed by atoms with Crippen LogP contribution < -0.4 is 4.57 Å². The van der Waals surface area contributed by atoms with Crippen molar-refractivity contribution in [1.82, 2.24) is 0 Å². The maximum absolute atomic E-state index is 12.6. The molecule has 1 aromatic heterocycles. The highest BCUT2D eigenvalue weighted by molar-refractivity contribution is 7.98. The number of nitrogens with zero attached hydrogens (tertiary/aromatic N) is 1. The van der Waals surface area contributed by atoms with Crippen LogP contribution in [-0.4, -0.2) is 6.26 Å². The van der Waals surface area contributed by atoms with Gasteiger partial charge in [-0.2, -0.15) is 13.2 Å². The van der Waals surface area contributed by atoms with E-state index in [-0.39, 0.29) is 0 Å². The molecular weight excluding hydrogens is 247 g/mol. The van der Waals surface area contributed by atoms with Crippen molar-refractivity contribution in [2.75, 3.05) is 6.26 Å². The van der Waals surface area contributed by atoms with Gasteiger partial charge in [-0.25, -0.2) is 4.57 Å². The molecule has 1 nitrogen and oxygen atoms in total. The van der Waals surface area contributed by atoms with Gasteiger partial charge in [-0.3, -0.25) is 0 Å². The Morgan fingerprint density at radius 2 is 1.88 bits per heavy atom. The summed E-state index contributed by atoms with van der Waals surface area (Å²) in [6.07, 6.45) is -0.614. The third-order valence-electron chi connectivity index (χ3n) is 2.64. The molecule has 1 heterocycles. The van der Waals surface area contributed by atoms with Crippen LogP contribution in [0, 0.1) is 0 Å². The Labute approximate surface area is 101 Å². The summed E-state index contributed by atoms with van der Waals surface area (Å²) in [5.41, 5.74) is -0.0227. The molecule has 0 N–H and O–H groups in total. The monoisotopic (exact) mass is 258 g/mol. The normalized spacial score (nSPS) is 12.1. The molecule has 0 unspecified atom stereocenters. The Kier molecular flexibility index (Phi) is 3.03. The number of rotatable bonds is 1. The van der Waals surface area contributed by atoms with E-state index in [9.17, 15) is 13.2 Å². The molecular formula is C12H11F3NS+. The molecule has 0 aliphatic rings. The maximum atomic E-state index is 12.6. The number of hydrogen-bond donors (Lipinski definition) is 0. The van der Waals surface area contributed by atoms with Crippen molar-refractivity contribution in [2.24, 2.45) is 7.05 Å². The molecule has 0 bridgehead atoms. The number of alkyl halides is 3. The summed E-state index contributed by atoms with van der Waals surface area (Å²) in [6.45, 7) is 0. The average molecular weight is 258 g/mol. The van der Waals surface area contributed by atoms with Crippen molar-refractivity contribution in [3.05, 3.63) is 36.0 Å². The Hall–Kier alpha value is -1.23. The summed E-state index contributed by atoms with van der Waals surface area (Å²) in [5, 5.41) is 0.843. The molecule has 0 atom stereocenters. The quantitative estimate of drug-likeness (QED) is 0.560. The van der Waals surface area contributed by atoms with Gasteiger partial charge in [-0.15, -0.1) is 11.8 Å². The first kappa shape index (κ1) is 12.2. The SMILES string of the molecule is CSc1cc[n+](C)c2cc(C(F)(F)F)ccc12. The van der Waals surface area contributed by atoms with Crippen LogP contribution in [0.5, 0.6) is 0 Å². The first-order valence-electron chi connectivity index (χ1n) is 4.97. The molecule has 5 heteroatoms. The lowest BCUT2D eigenvalue weighted by atomic mass is 10.1. The zero-order chi connectivity index (χ0) is 12.6. The van der Waals surface area contributed by atoms with Gasteiger partial charge >= 0.3 is 6.18 Å². The summed E-state index contributed by atoms with van der Waals surface area (Å²) < 4.78 is 39.5. The molecule has 90 valence electrons. The van der Waals surface area contributed by atoms with Gasteiger partial charge in [0.1, 0.15) is 7.05 Å². The zero-order valence-corrected chi connectivity index (χ0v) is 10.2. The van der Waals surface area contributed by atoms with Gasteiger partial charge in [-0.1, -0.05) is 0 Å². The molecule has 0 aliphatic carbocycles. The highest BCUT2D eigenvalue weighted by atomic mass is 32.2. The molecule has 17 heavy (non-hydrogen) atoms. The van der Waals surface area contributed by atoms with Crippen LogP contribution in [0.15, 0.2) is 35.4 Å². The highest BCUT2D eigenvalue weighted by Crippen LogP contribution is 2.32. The number of hydrogen-bond acceptors (Lipinski definition) is 1. The molecule has 0 amide bonds. The molecule has 0 spiro atoms. The number of aromatic nitrogens is 1. The number of thioether (sulfide) groups is 1. The third-order valence-corrected chi connectivity index (χ3v) is 3.44. The molecule has 0 saturated carbocycles. The van der Waals surface area contributed by atoms with Gasteiger partial charge in [0.2, 0.25) is 5.52 Å². The summed E-state index contributed by atoms with van der Waals surface area (Å²) in [7, 11) is 1.74. The second-order valence-electron chi connectivity index (χ2n) is 3.72. The van der Waals surface area contributed by atoms with Gasteiger partial charge in [0, 0.05) is 17.0 Å². The molecule has 0 aliphatic heterocycles. The van der Waals surface area contributed by atoms with Crippen molar-refractivity contribution >= 4 is 22.7 Å². The number of pyridine rings is 1. The van der Waals surface area contributed by atoms with Crippen LogP contribution in [0.3, 0.4) is 0 Å². The highest BCUT2D eigenvalue weighted by Gasteiger charge is 2.31. The van der Waals surface area contributed by atoms with Crippen LogP contribution in [0.1, 0.15) is 5.56 Å². The fraction of sp³-hybridized carbons (Fsp3) is 0.250. The van der Waals surface area contributed by atoms with Crippen molar-refractivity contribution in [3.8, 4) is 0 Å². The van der Waals surface area contributed by atoms with E-state index in [0.717, 1.165) is 16.3 Å². The van der Waals surface area contributed by atoms with Crippen molar-refractivity contribution in [2.45, 2.75) is 11.1 Å². The van der Waals surface area contributed by atoms with E-state index in [0.29, 0.717) is 5.52 Å². The first-order valence-corrected chi connectivity index (χ1v) is 6.19. The zero-order valence-electron chi connectivity index (χ0n) is 9.38. The Bertz CT molecular complexity index is 563. The average Bonchev–Trinajstić information content (AvgIpc) is 2.28. The van der Waals surface area contributed by atoms with Gasteiger partial charge in [-0.05, 0) is 18.4 Å². The second-order valence-corrected chi connectivity index (χ2v) is 4.57. The molecule has 2 aromatic rings. The van der Waals surface area contributed by atoms with Crippen molar-refractivity contribution < 1.29 is 17.7 Å². The van der Waals surface area contributed by atoms with Crippen LogP contribution >= 0.6 is 11.8 Å². The predicted octanol–water partition coefficient (Wildman–Crippen LogP) is 3.41. The van der Waals surface area contributed by atoms with E-state index in [1.165, 1.54) is 23.9 Å². The lowest BCUT2D eigenvalue weighted by Crippen LogP contribution is -2.28. The lowest BCUT2D eigenvalue weighted by molar-refractivity contribution is -0.645. The van der Waals surface area contributed by atoms with Crippen LogP contribution in [0.2, 0.25) is 0 Å². The predicted molar refractivity (Wildman–Crippen MR) is 61.9 cm³/mol. The lowest BCUT2D eigenvalue weighted by Gasteiger charge is -2.08. The van der Waals surface area contributed by atoms with E-state index in [1.54, 1.807) is 17.8 Å². The number of fused-ring (bicyclic) bond motifs is 1. The molecule has 1 aromatic carbocycles. The van der Waals surface area contributed by atoms with Gasteiger partial charge in [0.05, 0.1) is 10.9 Å². The summed E-state index contributed by atoms with van der Waals surface area (Å²) in [4.78, 5) is 0.979. The van der Waals surface area contributed by atoms with E-state index in [2.05, 4.69) is 0 Å². The number of halogens is 3. The van der Waals surface area contributed by atoms with Crippen LogP contribution in [-0.2, 0) is 13.2 Å². The minimum atomic E-state index is -4.30. The van der Waals surface area contributed by atoms with E-state index in [1.807, 2.05) is 12.3 Å². The fourth-order valence-corrected chi connectivity index (χ4v) is 2.33. The number of aryl methyl sites for hydroxylation is 1. The Morgan fingerprint density at radius 1 is 1.18 bits per heavy atom. The van der Waals surface area contributed by atoms with E-state index in [4.69, 9.17) is 0 Å². The summed E-state index contributed by atoms with van der Waals surface area (Å²) in [6, 6.07) is 5.75. The molecule has 0 saturated heterocycles. The minimum absolute atomic E-state index is 0.590. The van der Waals surface area contributed by atoms with E-state index >= 15 is 0 Å². The van der Waals surface area contributed by atoms with Crippen molar-refractivity contribution in [3.63, 3.8) is 0 Å². The topological polar surface area (TPSA) is 3.88 Å². The summed E-state index contributed by atoms with van der Waals surface area (Å²) >= 11 is 1.53. The van der Waals surface area contributed by atoms with Crippen LogP contribution in [0.25, 0.3) is 10.9 Å². The molecule has 0 fully saturated rings. The van der Waals surface area contributed by atoms with Crippen molar-refractivity contribution in [1.29, 1.82) is 0 Å². The standard InChI is InChI=1S/C12H11F3NS/c1-16-6-5-11(17-2)9-4-3-8(7-10(9)16)12(13,14)15/h3-7H,1-2H3/q+1. The third kappa shape index (κ3) is 2.24. The second kappa shape index (κ2) is 4.22. The maximum Gasteiger partial charge on any atom is 0.416 e. The van der Waals surface area contributed by atoms with Gasteiger partial charge in [0.25, 0.3) is 0 Å². The largest absolute Gasteiger partial charge is 0.416 e. The number of benzene rings is 1. The summed E-state index contributed by atoms with van der Waals surface area (Å²) in [5.74, 6) is 0. The van der Waals surface area contributed by atoms with E-state index < -0.39 is 11.7 Å². The molecule has 2 rings (SSSR count). The van der Waals surface area contributed by atoms with Gasteiger partial charge < -0.3 is 0 Å². The molecule has 0 radical (unpaired) electrons. The van der Waals surface area contributed by atoms with Gasteiger partial charge in [0.15, 0.2) is 6.20 Å². The van der Waals surface area contributed by atoms with Crippen LogP contribution in [0.4, 0.5) is 13.2 Å². The fourth-order valence-electron chi connectivity index (χ4n) is 1.74. The minimum Gasteiger partial charge on any atom is -0.201 e.